The third-order valence-corrected chi connectivity index (χ3v) is 4.50. The van der Waals surface area contributed by atoms with Gasteiger partial charge in [-0.05, 0) is 36.8 Å². The first-order valence-electron chi connectivity index (χ1n) is 8.31. The summed E-state index contributed by atoms with van der Waals surface area (Å²) in [6.45, 7) is 2.08. The van der Waals surface area contributed by atoms with Crippen molar-refractivity contribution in [2.45, 2.75) is 13.5 Å². The van der Waals surface area contributed by atoms with E-state index in [9.17, 15) is 4.79 Å². The molecule has 28 heavy (non-hydrogen) atoms. The number of hydrogen-bond acceptors (Lipinski definition) is 6. The van der Waals surface area contributed by atoms with Crippen molar-refractivity contribution in [1.29, 1.82) is 0 Å². The van der Waals surface area contributed by atoms with E-state index in [2.05, 4.69) is 10.5 Å². The van der Waals surface area contributed by atoms with Crippen LogP contribution in [-0.2, 0) is 16.1 Å². The van der Waals surface area contributed by atoms with Crippen LogP contribution in [0.25, 0.3) is 0 Å². The Morgan fingerprint density at radius 3 is 2.54 bits per heavy atom. The van der Waals surface area contributed by atoms with Crippen molar-refractivity contribution >= 4 is 47.0 Å². The fourth-order valence-electron chi connectivity index (χ4n) is 2.23. The summed E-state index contributed by atoms with van der Waals surface area (Å²) in [4.78, 5) is 11.5. The maximum Gasteiger partial charge on any atom is 0.344 e. The maximum absolute atomic E-state index is 11.5. The summed E-state index contributed by atoms with van der Waals surface area (Å²) in [6, 6.07) is 8.61. The number of carbonyl (C=O) groups excluding carboxylic acids is 1. The van der Waals surface area contributed by atoms with E-state index in [4.69, 9.17) is 49.0 Å². The highest BCUT2D eigenvalue weighted by atomic mass is 35.5. The van der Waals surface area contributed by atoms with Gasteiger partial charge in [-0.3, -0.25) is 0 Å². The van der Waals surface area contributed by atoms with E-state index >= 15 is 0 Å². The lowest BCUT2D eigenvalue weighted by Crippen LogP contribution is -2.15. The number of nitrogens with one attached hydrogen (secondary N) is 1. The van der Waals surface area contributed by atoms with Gasteiger partial charge in [0.25, 0.3) is 0 Å². The first-order valence-corrected chi connectivity index (χ1v) is 9.44. The molecule has 0 radical (unpaired) electrons. The Labute approximate surface area is 178 Å². The second-order valence-electron chi connectivity index (χ2n) is 5.42. The van der Waals surface area contributed by atoms with Gasteiger partial charge in [-0.2, -0.15) is 5.10 Å². The third kappa shape index (κ3) is 6.19. The summed E-state index contributed by atoms with van der Waals surface area (Å²) < 4.78 is 15.5. The number of hydrazone groups is 1. The van der Waals surface area contributed by atoms with Crippen LogP contribution < -0.4 is 14.9 Å². The minimum atomic E-state index is -0.492. The molecule has 0 saturated carbocycles. The summed E-state index contributed by atoms with van der Waals surface area (Å²) >= 11 is 18.5. The second-order valence-corrected chi connectivity index (χ2v) is 6.64. The third-order valence-electron chi connectivity index (χ3n) is 3.51. The van der Waals surface area contributed by atoms with Gasteiger partial charge in [-0.25, -0.2) is 4.79 Å². The van der Waals surface area contributed by atoms with Gasteiger partial charge < -0.3 is 19.6 Å². The van der Waals surface area contributed by atoms with Gasteiger partial charge in [0.15, 0.2) is 18.1 Å². The molecule has 0 heterocycles. The Bertz CT molecular complexity index is 839. The zero-order valence-corrected chi connectivity index (χ0v) is 17.6. The highest BCUT2D eigenvalue weighted by Gasteiger charge is 2.14. The second kappa shape index (κ2) is 11.0. The van der Waals surface area contributed by atoms with E-state index in [1.54, 1.807) is 43.5 Å². The van der Waals surface area contributed by atoms with E-state index in [1.165, 1.54) is 7.11 Å². The highest BCUT2D eigenvalue weighted by Crippen LogP contribution is 2.36. The largest absolute Gasteiger partial charge is 0.493 e. The van der Waals surface area contributed by atoms with Crippen molar-refractivity contribution in [2.24, 2.45) is 5.10 Å². The molecule has 0 unspecified atom stereocenters. The van der Waals surface area contributed by atoms with Crippen molar-refractivity contribution in [3.8, 4) is 11.5 Å². The summed E-state index contributed by atoms with van der Waals surface area (Å²) in [7, 11) is 1.47. The molecule has 0 fully saturated rings. The van der Waals surface area contributed by atoms with Gasteiger partial charge in [0.1, 0.15) is 0 Å². The maximum atomic E-state index is 11.5. The number of benzene rings is 2. The molecule has 0 aliphatic rings. The number of methoxy groups -OCH3 is 1. The molecule has 2 aromatic carbocycles. The van der Waals surface area contributed by atoms with Gasteiger partial charge >= 0.3 is 5.97 Å². The topological polar surface area (TPSA) is 69.2 Å². The number of carbonyl (C=O) groups is 1. The lowest BCUT2D eigenvalue weighted by atomic mass is 10.2. The van der Waals surface area contributed by atoms with Crippen LogP contribution in [0.3, 0.4) is 0 Å². The summed E-state index contributed by atoms with van der Waals surface area (Å²) in [5, 5.41) is 5.54. The molecule has 0 bridgehead atoms. The van der Waals surface area contributed by atoms with E-state index in [1.807, 2.05) is 0 Å². The van der Waals surface area contributed by atoms with Crippen molar-refractivity contribution < 1.29 is 19.0 Å². The molecule has 0 atom stereocenters. The van der Waals surface area contributed by atoms with Gasteiger partial charge in [0.2, 0.25) is 0 Å². The molecule has 6 nitrogen and oxygen atoms in total. The minimum Gasteiger partial charge on any atom is -0.493 e. The Kier molecular flexibility index (Phi) is 8.70. The van der Waals surface area contributed by atoms with Crippen molar-refractivity contribution in [3.63, 3.8) is 0 Å². The van der Waals surface area contributed by atoms with E-state index < -0.39 is 5.97 Å². The molecule has 0 amide bonds. The first-order chi connectivity index (χ1) is 13.5. The quantitative estimate of drug-likeness (QED) is 0.343. The molecule has 0 aliphatic heterocycles. The molecule has 0 aliphatic carbocycles. The fraction of sp³-hybridized carbons (Fsp3) is 0.263. The molecule has 0 spiro atoms. The van der Waals surface area contributed by atoms with Crippen molar-refractivity contribution in [1.82, 2.24) is 5.43 Å². The number of hydrogen-bond donors (Lipinski definition) is 1. The minimum absolute atomic E-state index is 0.255. The first kappa shape index (κ1) is 22.1. The van der Waals surface area contributed by atoms with Crippen LogP contribution in [0, 0.1) is 0 Å². The van der Waals surface area contributed by atoms with Crippen LogP contribution in [0.1, 0.15) is 18.1 Å². The number of nitrogens with zero attached hydrogens (tertiary/aromatic N) is 1. The monoisotopic (exact) mass is 444 g/mol. The summed E-state index contributed by atoms with van der Waals surface area (Å²) in [5.74, 6) is 0.131. The Morgan fingerprint density at radius 1 is 1.18 bits per heavy atom. The molecule has 150 valence electrons. The molecule has 2 aromatic rings. The summed E-state index contributed by atoms with van der Waals surface area (Å²) in [5.41, 5.74) is 4.30. The molecule has 0 aromatic heterocycles. The zero-order chi connectivity index (χ0) is 20.5. The lowest BCUT2D eigenvalue weighted by molar-refractivity contribution is -0.145. The molecule has 9 heteroatoms. The highest BCUT2D eigenvalue weighted by molar-refractivity contribution is 6.36. The van der Waals surface area contributed by atoms with Gasteiger partial charge in [-0.1, -0.05) is 40.9 Å². The molecule has 1 N–H and O–H groups in total. The molecular formula is C19H19Cl3N2O4. The standard InChI is InChI=1S/C19H19Cl3N2O4/c1-3-27-18(25)11-28-19-16(22)7-12(8-17(19)26-2)9-23-24-10-13-14(20)5-4-6-15(13)21/h4-9,24H,3,10-11H2,1-2H3/b23-9+. The normalized spacial score (nSPS) is 10.8. The van der Waals surface area contributed by atoms with Crippen LogP contribution >= 0.6 is 34.8 Å². The van der Waals surface area contributed by atoms with Crippen LogP contribution in [0.15, 0.2) is 35.4 Å². The zero-order valence-electron chi connectivity index (χ0n) is 15.3. The van der Waals surface area contributed by atoms with Crippen molar-refractivity contribution in [2.75, 3.05) is 20.3 Å². The number of ether oxygens (including phenoxy) is 3. The number of rotatable bonds is 9. The molecule has 0 saturated heterocycles. The number of halogens is 3. The Balaban J connectivity index is 2.04. The van der Waals surface area contributed by atoms with Crippen LogP contribution in [-0.4, -0.2) is 32.5 Å². The van der Waals surface area contributed by atoms with Crippen molar-refractivity contribution in [3.05, 3.63) is 56.5 Å². The molecule has 2 rings (SSSR count). The predicted molar refractivity (Wildman–Crippen MR) is 111 cm³/mol. The Morgan fingerprint density at radius 2 is 1.89 bits per heavy atom. The number of esters is 1. The Hall–Kier alpha value is -2.15. The average Bonchev–Trinajstić information content (AvgIpc) is 2.66. The van der Waals surface area contributed by atoms with E-state index in [0.717, 1.165) is 5.56 Å². The average molecular weight is 446 g/mol. The predicted octanol–water partition coefficient (Wildman–Crippen LogP) is 4.72. The van der Waals surface area contributed by atoms with E-state index in [0.29, 0.717) is 27.9 Å². The molecular weight excluding hydrogens is 427 g/mol. The fourth-order valence-corrected chi connectivity index (χ4v) is 3.04. The SMILES string of the molecule is CCOC(=O)COc1c(Cl)cc(/C=N/NCc2c(Cl)cccc2Cl)cc1OC. The van der Waals surface area contributed by atoms with Crippen LogP contribution in [0.2, 0.25) is 15.1 Å². The lowest BCUT2D eigenvalue weighted by Gasteiger charge is -2.12. The van der Waals surface area contributed by atoms with Crippen LogP contribution in [0.5, 0.6) is 11.5 Å². The van der Waals surface area contributed by atoms with Gasteiger partial charge in [-0.15, -0.1) is 0 Å². The van der Waals surface area contributed by atoms with Crippen LogP contribution in [0.4, 0.5) is 0 Å². The van der Waals surface area contributed by atoms with Gasteiger partial charge in [0, 0.05) is 15.6 Å². The summed E-state index contributed by atoms with van der Waals surface area (Å²) in [6.07, 6.45) is 1.56. The smallest absolute Gasteiger partial charge is 0.344 e. The van der Waals surface area contributed by atoms with E-state index in [-0.39, 0.29) is 24.0 Å². The van der Waals surface area contributed by atoms with Gasteiger partial charge in [0.05, 0.1) is 31.5 Å².